The molecular formula is C19H25N5O3. The highest BCUT2D eigenvalue weighted by Crippen LogP contribution is 2.32. The number of benzene rings is 1. The molecule has 1 fully saturated rings. The quantitative estimate of drug-likeness (QED) is 0.747. The number of rotatable bonds is 6. The van der Waals surface area contributed by atoms with E-state index in [0.717, 1.165) is 24.3 Å². The van der Waals surface area contributed by atoms with Crippen LogP contribution in [0.3, 0.4) is 0 Å². The summed E-state index contributed by atoms with van der Waals surface area (Å²) in [5.41, 5.74) is 7.63. The summed E-state index contributed by atoms with van der Waals surface area (Å²) in [6.07, 6.45) is 2.94. The lowest BCUT2D eigenvalue weighted by molar-refractivity contribution is -0.148. The molecule has 1 aromatic carbocycles. The third-order valence-electron chi connectivity index (χ3n) is 4.61. The molecule has 27 heavy (non-hydrogen) atoms. The number of carbonyl (C=O) groups excluding carboxylic acids is 1. The van der Waals surface area contributed by atoms with Gasteiger partial charge in [0.25, 0.3) is 0 Å². The van der Waals surface area contributed by atoms with Gasteiger partial charge in [-0.25, -0.2) is 9.97 Å². The summed E-state index contributed by atoms with van der Waals surface area (Å²) in [4.78, 5) is 22.6. The molecule has 0 spiro atoms. The van der Waals surface area contributed by atoms with E-state index in [4.69, 9.17) is 15.2 Å². The second-order valence-corrected chi connectivity index (χ2v) is 6.33. The average Bonchev–Trinajstić information content (AvgIpc) is 2.70. The second-order valence-electron chi connectivity index (χ2n) is 6.33. The van der Waals surface area contributed by atoms with Crippen molar-refractivity contribution < 1.29 is 14.3 Å². The van der Waals surface area contributed by atoms with E-state index >= 15 is 0 Å². The van der Waals surface area contributed by atoms with Crippen LogP contribution in [-0.2, 0) is 9.53 Å². The molecule has 0 bridgehead atoms. The van der Waals surface area contributed by atoms with E-state index in [2.05, 4.69) is 20.2 Å². The molecule has 3 N–H and O–H groups in total. The van der Waals surface area contributed by atoms with Gasteiger partial charge in [-0.05, 0) is 31.9 Å². The Balaban J connectivity index is 1.71. The molecule has 1 aliphatic rings. The van der Waals surface area contributed by atoms with Crippen molar-refractivity contribution in [3.63, 3.8) is 0 Å². The minimum atomic E-state index is -0.117. The summed E-state index contributed by atoms with van der Waals surface area (Å²) in [6.45, 7) is 3.63. The van der Waals surface area contributed by atoms with Crippen LogP contribution < -0.4 is 20.7 Å². The molecule has 1 aromatic heterocycles. The number of nitrogens with two attached hydrogens (primary N) is 1. The second kappa shape index (κ2) is 8.57. The first kappa shape index (κ1) is 18.8. The van der Waals surface area contributed by atoms with Crippen molar-refractivity contribution in [2.75, 3.05) is 42.8 Å². The van der Waals surface area contributed by atoms with Crippen LogP contribution >= 0.6 is 0 Å². The molecule has 8 nitrogen and oxygen atoms in total. The molecular weight excluding hydrogens is 346 g/mol. The van der Waals surface area contributed by atoms with Crippen molar-refractivity contribution in [1.29, 1.82) is 0 Å². The van der Waals surface area contributed by atoms with Gasteiger partial charge in [0.1, 0.15) is 17.8 Å². The zero-order valence-electron chi connectivity index (χ0n) is 15.6. The number of hydrogen-bond donors (Lipinski definition) is 2. The molecule has 0 amide bonds. The zero-order chi connectivity index (χ0) is 19.2. The number of nitrogen functional groups attached to an aromatic ring is 1. The van der Waals surface area contributed by atoms with E-state index < -0.39 is 0 Å². The van der Waals surface area contributed by atoms with Crippen LogP contribution in [0.15, 0.2) is 30.6 Å². The summed E-state index contributed by atoms with van der Waals surface area (Å²) >= 11 is 0. The summed E-state index contributed by atoms with van der Waals surface area (Å²) in [5.74, 6) is 1.79. The van der Waals surface area contributed by atoms with Crippen molar-refractivity contribution >= 4 is 29.0 Å². The fourth-order valence-corrected chi connectivity index (χ4v) is 3.16. The highest BCUT2D eigenvalue weighted by Gasteiger charge is 2.27. The maximum absolute atomic E-state index is 11.9. The maximum atomic E-state index is 11.9. The van der Waals surface area contributed by atoms with Crippen LogP contribution in [0.4, 0.5) is 23.0 Å². The Kier molecular flexibility index (Phi) is 5.95. The van der Waals surface area contributed by atoms with Gasteiger partial charge in [-0.15, -0.1) is 0 Å². The lowest BCUT2D eigenvalue weighted by Gasteiger charge is -2.32. The van der Waals surface area contributed by atoms with Crippen LogP contribution in [0, 0.1) is 5.92 Å². The minimum Gasteiger partial charge on any atom is -0.497 e. The van der Waals surface area contributed by atoms with Crippen molar-refractivity contribution in [3.05, 3.63) is 30.6 Å². The largest absolute Gasteiger partial charge is 0.497 e. The third kappa shape index (κ3) is 4.39. The Bertz CT molecular complexity index is 791. The van der Waals surface area contributed by atoms with Crippen LogP contribution in [-0.4, -0.2) is 42.7 Å². The number of aromatic nitrogens is 2. The van der Waals surface area contributed by atoms with Gasteiger partial charge in [0.05, 0.1) is 19.6 Å². The number of nitrogens with zero attached hydrogens (tertiary/aromatic N) is 3. The van der Waals surface area contributed by atoms with Crippen molar-refractivity contribution in [3.8, 4) is 5.75 Å². The molecule has 0 atom stereocenters. The molecule has 0 saturated carbocycles. The number of piperidine rings is 1. The van der Waals surface area contributed by atoms with Crippen LogP contribution in [0.5, 0.6) is 5.75 Å². The zero-order valence-corrected chi connectivity index (χ0v) is 15.6. The third-order valence-corrected chi connectivity index (χ3v) is 4.61. The first-order valence-electron chi connectivity index (χ1n) is 9.05. The van der Waals surface area contributed by atoms with Gasteiger partial charge in [0.2, 0.25) is 0 Å². The Labute approximate surface area is 158 Å². The minimum absolute atomic E-state index is 0.0568. The van der Waals surface area contributed by atoms with Gasteiger partial charge in [-0.2, -0.15) is 0 Å². The number of ether oxygens (including phenoxy) is 2. The lowest BCUT2D eigenvalue weighted by Crippen LogP contribution is -2.37. The predicted octanol–water partition coefficient (Wildman–Crippen LogP) is 2.59. The smallest absolute Gasteiger partial charge is 0.309 e. The van der Waals surface area contributed by atoms with Gasteiger partial charge >= 0.3 is 5.97 Å². The fourth-order valence-electron chi connectivity index (χ4n) is 3.16. The topological polar surface area (TPSA) is 103 Å². The number of esters is 1. The molecule has 2 aromatic rings. The van der Waals surface area contributed by atoms with Crippen molar-refractivity contribution in [1.82, 2.24) is 9.97 Å². The van der Waals surface area contributed by atoms with Gasteiger partial charge in [0, 0.05) is 24.8 Å². The molecule has 144 valence electrons. The van der Waals surface area contributed by atoms with Gasteiger partial charge in [-0.3, -0.25) is 4.79 Å². The predicted molar refractivity (Wildman–Crippen MR) is 104 cm³/mol. The normalized spacial score (nSPS) is 14.7. The highest BCUT2D eigenvalue weighted by atomic mass is 16.5. The molecule has 8 heteroatoms. The number of carbonyl (C=O) groups is 1. The molecule has 0 radical (unpaired) electrons. The summed E-state index contributed by atoms with van der Waals surface area (Å²) in [7, 11) is 1.62. The van der Waals surface area contributed by atoms with Gasteiger partial charge in [-0.1, -0.05) is 6.07 Å². The lowest BCUT2D eigenvalue weighted by atomic mass is 9.97. The summed E-state index contributed by atoms with van der Waals surface area (Å²) in [6, 6.07) is 7.54. The molecule has 0 unspecified atom stereocenters. The average molecular weight is 371 g/mol. The first-order chi connectivity index (χ1) is 13.1. The Morgan fingerprint density at radius 2 is 2.11 bits per heavy atom. The van der Waals surface area contributed by atoms with Crippen LogP contribution in [0.1, 0.15) is 19.8 Å². The van der Waals surface area contributed by atoms with Gasteiger partial charge < -0.3 is 25.4 Å². The molecule has 2 heterocycles. The van der Waals surface area contributed by atoms with E-state index in [1.165, 1.54) is 6.33 Å². The molecule has 1 saturated heterocycles. The molecule has 0 aliphatic carbocycles. The number of hydrogen-bond acceptors (Lipinski definition) is 8. The fraction of sp³-hybridized carbons (Fsp3) is 0.421. The van der Waals surface area contributed by atoms with Crippen molar-refractivity contribution in [2.45, 2.75) is 19.8 Å². The van der Waals surface area contributed by atoms with E-state index in [0.29, 0.717) is 37.0 Å². The molecule has 1 aliphatic heterocycles. The Morgan fingerprint density at radius 3 is 2.81 bits per heavy atom. The highest BCUT2D eigenvalue weighted by molar-refractivity contribution is 5.79. The molecule has 3 rings (SSSR count). The van der Waals surface area contributed by atoms with E-state index in [1.807, 2.05) is 31.2 Å². The van der Waals surface area contributed by atoms with E-state index in [9.17, 15) is 4.79 Å². The van der Waals surface area contributed by atoms with Crippen LogP contribution in [0.25, 0.3) is 0 Å². The first-order valence-corrected chi connectivity index (χ1v) is 9.05. The SMILES string of the molecule is CCOC(=O)C1CCN(c2ncnc(Nc3cccc(OC)c3)c2N)CC1. The number of nitrogens with one attached hydrogen (secondary N) is 1. The maximum Gasteiger partial charge on any atom is 0.309 e. The summed E-state index contributed by atoms with van der Waals surface area (Å²) in [5, 5.41) is 3.21. The Hall–Kier alpha value is -3.03. The Morgan fingerprint density at radius 1 is 1.33 bits per heavy atom. The number of methoxy groups -OCH3 is 1. The van der Waals surface area contributed by atoms with E-state index in [-0.39, 0.29) is 11.9 Å². The van der Waals surface area contributed by atoms with Gasteiger partial charge in [0.15, 0.2) is 11.6 Å². The monoisotopic (exact) mass is 371 g/mol. The standard InChI is InChI=1S/C19H25N5O3/c1-3-27-19(25)13-7-9-24(10-8-13)18-16(20)17(21-12-22-18)23-14-5-4-6-15(11-14)26-2/h4-6,11-13H,3,7-10,20H2,1-2H3,(H,21,22,23). The van der Waals surface area contributed by atoms with Crippen LogP contribution in [0.2, 0.25) is 0 Å². The van der Waals surface area contributed by atoms with Crippen molar-refractivity contribution in [2.24, 2.45) is 5.92 Å². The number of anilines is 4. The summed E-state index contributed by atoms with van der Waals surface area (Å²) < 4.78 is 10.4. The van der Waals surface area contributed by atoms with E-state index in [1.54, 1.807) is 7.11 Å².